The second-order valence-corrected chi connectivity index (χ2v) is 3.66. The first-order valence-corrected chi connectivity index (χ1v) is 5.03. The van der Waals surface area contributed by atoms with Crippen LogP contribution < -0.4 is 0 Å². The minimum Gasteiger partial charge on any atom is -0.413 e. The van der Waals surface area contributed by atoms with E-state index in [4.69, 9.17) is 0 Å². The molecule has 18 heavy (non-hydrogen) atoms. The van der Waals surface area contributed by atoms with Crippen molar-refractivity contribution in [1.82, 2.24) is 15.2 Å². The third-order valence-electron chi connectivity index (χ3n) is 2.49. The van der Waals surface area contributed by atoms with Crippen molar-refractivity contribution >= 4 is 10.9 Å². The van der Waals surface area contributed by atoms with Crippen LogP contribution in [-0.2, 0) is 6.18 Å². The van der Waals surface area contributed by atoms with Crippen molar-refractivity contribution in [3.63, 3.8) is 0 Å². The van der Waals surface area contributed by atoms with Crippen LogP contribution in [0.3, 0.4) is 0 Å². The predicted octanol–water partition coefficient (Wildman–Crippen LogP) is 3.24. The number of aromatic amines is 1. The summed E-state index contributed by atoms with van der Waals surface area (Å²) in [5.41, 5.74) is 1.24. The Labute approximate surface area is 98.4 Å². The number of hydrogen-bond acceptors (Lipinski definition) is 3. The van der Waals surface area contributed by atoms with Gasteiger partial charge in [-0.25, -0.2) is 0 Å². The highest BCUT2D eigenvalue weighted by Gasteiger charge is 2.38. The Morgan fingerprint density at radius 2 is 1.89 bits per heavy atom. The Morgan fingerprint density at radius 3 is 2.61 bits per heavy atom. The maximum absolute atomic E-state index is 12.4. The number of nitrogens with one attached hydrogen (secondary N) is 1. The van der Waals surface area contributed by atoms with Crippen molar-refractivity contribution in [3.05, 3.63) is 36.4 Å². The zero-order chi connectivity index (χ0) is 12.8. The van der Waals surface area contributed by atoms with Gasteiger partial charge in [0.05, 0.1) is 5.56 Å². The Balaban J connectivity index is 2.13. The number of nitrogens with zero attached hydrogens (tertiary/aromatic N) is 2. The van der Waals surface area contributed by atoms with Gasteiger partial charge < -0.3 is 9.40 Å². The third-order valence-corrected chi connectivity index (χ3v) is 2.49. The first kappa shape index (κ1) is 10.8. The molecule has 0 amide bonds. The number of benzene rings is 1. The molecule has 0 atom stereocenters. The van der Waals surface area contributed by atoms with Crippen molar-refractivity contribution in [2.24, 2.45) is 0 Å². The highest BCUT2D eigenvalue weighted by Crippen LogP contribution is 2.32. The summed E-state index contributed by atoms with van der Waals surface area (Å²) in [7, 11) is 0. The molecule has 0 saturated carbocycles. The summed E-state index contributed by atoms with van der Waals surface area (Å²) in [5.74, 6) is -1.50. The van der Waals surface area contributed by atoms with E-state index in [1.165, 1.54) is 0 Å². The molecule has 1 aromatic carbocycles. The molecule has 0 aliphatic carbocycles. The SMILES string of the molecule is FC(F)(F)c1nnc(-c2c[nH]c3ccccc23)o1. The van der Waals surface area contributed by atoms with Gasteiger partial charge in [-0.3, -0.25) is 0 Å². The van der Waals surface area contributed by atoms with Crippen molar-refractivity contribution < 1.29 is 17.6 Å². The van der Waals surface area contributed by atoms with E-state index in [2.05, 4.69) is 19.6 Å². The van der Waals surface area contributed by atoms with Gasteiger partial charge >= 0.3 is 12.1 Å². The van der Waals surface area contributed by atoms with Gasteiger partial charge in [0.1, 0.15) is 0 Å². The lowest BCUT2D eigenvalue weighted by Gasteiger charge is -1.97. The van der Waals surface area contributed by atoms with Crippen LogP contribution in [0.4, 0.5) is 13.2 Å². The normalized spacial score (nSPS) is 12.2. The molecule has 0 bridgehead atoms. The summed E-state index contributed by atoms with van der Waals surface area (Å²) in [6.45, 7) is 0. The smallest absolute Gasteiger partial charge is 0.413 e. The van der Waals surface area contributed by atoms with Crippen LogP contribution in [0.25, 0.3) is 22.4 Å². The summed E-state index contributed by atoms with van der Waals surface area (Å²) in [4.78, 5) is 2.93. The minimum atomic E-state index is -4.63. The largest absolute Gasteiger partial charge is 0.470 e. The van der Waals surface area contributed by atoms with Gasteiger partial charge in [0.2, 0.25) is 5.89 Å². The Bertz CT molecular complexity index is 699. The van der Waals surface area contributed by atoms with E-state index in [0.29, 0.717) is 5.56 Å². The maximum Gasteiger partial charge on any atom is 0.470 e. The Morgan fingerprint density at radius 1 is 1.11 bits per heavy atom. The second kappa shape index (κ2) is 3.59. The Hall–Kier alpha value is -2.31. The molecular formula is C11H6F3N3O. The summed E-state index contributed by atoms with van der Waals surface area (Å²) in [6.07, 6.45) is -3.09. The van der Waals surface area contributed by atoms with E-state index in [0.717, 1.165) is 10.9 Å². The van der Waals surface area contributed by atoms with Crippen LogP contribution in [0.2, 0.25) is 0 Å². The fourth-order valence-corrected chi connectivity index (χ4v) is 1.70. The van der Waals surface area contributed by atoms with E-state index in [9.17, 15) is 13.2 Å². The first-order chi connectivity index (χ1) is 8.55. The standard InChI is InChI=1S/C11H6F3N3O/c12-11(13,14)10-17-16-9(18-10)7-5-15-8-4-2-1-3-6(7)8/h1-5,15H. The molecule has 0 saturated heterocycles. The maximum atomic E-state index is 12.4. The molecule has 2 aromatic heterocycles. The number of para-hydroxylation sites is 1. The fourth-order valence-electron chi connectivity index (χ4n) is 1.70. The summed E-state index contributed by atoms with van der Waals surface area (Å²) >= 11 is 0. The number of aromatic nitrogens is 3. The topological polar surface area (TPSA) is 54.7 Å². The zero-order valence-electron chi connectivity index (χ0n) is 8.82. The average Bonchev–Trinajstić information content (AvgIpc) is 2.94. The lowest BCUT2D eigenvalue weighted by Crippen LogP contribution is -2.04. The second-order valence-electron chi connectivity index (χ2n) is 3.66. The van der Waals surface area contributed by atoms with Crippen LogP contribution in [0, 0.1) is 0 Å². The number of alkyl halides is 3. The van der Waals surface area contributed by atoms with E-state index < -0.39 is 12.1 Å². The predicted molar refractivity (Wildman–Crippen MR) is 56.6 cm³/mol. The molecule has 0 aliphatic rings. The first-order valence-electron chi connectivity index (χ1n) is 5.03. The average molecular weight is 253 g/mol. The van der Waals surface area contributed by atoms with Crippen LogP contribution in [0.1, 0.15) is 5.89 Å². The van der Waals surface area contributed by atoms with Crippen molar-refractivity contribution in [2.45, 2.75) is 6.18 Å². The summed E-state index contributed by atoms with van der Waals surface area (Å²) < 4.78 is 41.7. The lowest BCUT2D eigenvalue weighted by molar-refractivity contribution is -0.156. The molecular weight excluding hydrogens is 247 g/mol. The van der Waals surface area contributed by atoms with Gasteiger partial charge in [0, 0.05) is 17.1 Å². The van der Waals surface area contributed by atoms with E-state index >= 15 is 0 Å². The van der Waals surface area contributed by atoms with Gasteiger partial charge in [-0.2, -0.15) is 13.2 Å². The van der Waals surface area contributed by atoms with E-state index in [-0.39, 0.29) is 5.89 Å². The van der Waals surface area contributed by atoms with Crippen molar-refractivity contribution in [1.29, 1.82) is 0 Å². The monoisotopic (exact) mass is 253 g/mol. The third kappa shape index (κ3) is 1.64. The molecule has 0 aliphatic heterocycles. The highest BCUT2D eigenvalue weighted by molar-refractivity contribution is 5.93. The van der Waals surface area contributed by atoms with Crippen LogP contribution in [-0.4, -0.2) is 15.2 Å². The van der Waals surface area contributed by atoms with Crippen molar-refractivity contribution in [3.8, 4) is 11.5 Å². The molecule has 0 radical (unpaired) electrons. The van der Waals surface area contributed by atoms with E-state index in [1.54, 1.807) is 24.4 Å². The minimum absolute atomic E-state index is 0.153. The van der Waals surface area contributed by atoms with E-state index in [1.807, 2.05) is 6.07 Å². The zero-order valence-corrected chi connectivity index (χ0v) is 8.82. The molecule has 0 unspecified atom stereocenters. The molecule has 2 heterocycles. The molecule has 7 heteroatoms. The Kier molecular flexibility index (Phi) is 2.16. The number of fused-ring (bicyclic) bond motifs is 1. The van der Waals surface area contributed by atoms with Crippen molar-refractivity contribution in [2.75, 3.05) is 0 Å². The number of halogens is 3. The fraction of sp³-hybridized carbons (Fsp3) is 0.0909. The van der Waals surface area contributed by atoms with Crippen LogP contribution >= 0.6 is 0 Å². The van der Waals surface area contributed by atoms with Crippen LogP contribution in [0.5, 0.6) is 0 Å². The van der Waals surface area contributed by atoms with Crippen LogP contribution in [0.15, 0.2) is 34.9 Å². The van der Waals surface area contributed by atoms with Gasteiger partial charge in [-0.05, 0) is 6.07 Å². The quantitative estimate of drug-likeness (QED) is 0.724. The number of H-pyrrole nitrogens is 1. The molecule has 92 valence electrons. The summed E-state index contributed by atoms with van der Waals surface area (Å²) in [5, 5.41) is 7.14. The summed E-state index contributed by atoms with van der Waals surface area (Å²) in [6, 6.07) is 7.16. The molecule has 3 rings (SSSR count). The lowest BCUT2D eigenvalue weighted by atomic mass is 10.2. The number of hydrogen-bond donors (Lipinski definition) is 1. The molecule has 0 fully saturated rings. The van der Waals surface area contributed by atoms with Gasteiger partial charge in [-0.1, -0.05) is 18.2 Å². The van der Waals surface area contributed by atoms with Gasteiger partial charge in [0.15, 0.2) is 0 Å². The molecule has 1 N–H and O–H groups in total. The molecule has 4 nitrogen and oxygen atoms in total. The molecule has 3 aromatic rings. The van der Waals surface area contributed by atoms with Gasteiger partial charge in [0.25, 0.3) is 0 Å². The number of rotatable bonds is 1. The molecule has 0 spiro atoms. The van der Waals surface area contributed by atoms with Gasteiger partial charge in [-0.15, -0.1) is 10.2 Å². The highest BCUT2D eigenvalue weighted by atomic mass is 19.4.